The molecule has 0 bridgehead atoms. The summed E-state index contributed by atoms with van der Waals surface area (Å²) < 4.78 is 5.08. The molecule has 4 nitrogen and oxygen atoms in total. The number of methoxy groups -OCH3 is 1. The van der Waals surface area contributed by atoms with Gasteiger partial charge < -0.3 is 15.8 Å². The first-order valence-electron chi connectivity index (χ1n) is 4.40. The highest BCUT2D eigenvalue weighted by Gasteiger charge is 2.05. The zero-order valence-electron chi connectivity index (χ0n) is 8.74. The summed E-state index contributed by atoms with van der Waals surface area (Å²) in [6.07, 6.45) is 0.438. The van der Waals surface area contributed by atoms with Crippen molar-refractivity contribution in [1.82, 2.24) is 0 Å². The Kier molecular flexibility index (Phi) is 5.56. The van der Waals surface area contributed by atoms with Gasteiger partial charge in [0, 0.05) is 18.2 Å². The molecule has 84 valence electrons. The molecule has 0 aliphatic rings. The van der Waals surface area contributed by atoms with Crippen LogP contribution in [0.2, 0.25) is 0 Å². The number of nitrogens with two attached hydrogens (primary N) is 1. The molecule has 0 heterocycles. The van der Waals surface area contributed by atoms with Crippen molar-refractivity contribution >= 4 is 29.7 Å². The summed E-state index contributed by atoms with van der Waals surface area (Å²) in [5.41, 5.74) is 6.83. The van der Waals surface area contributed by atoms with Gasteiger partial charge in [0.05, 0.1) is 12.8 Å². The van der Waals surface area contributed by atoms with Crippen LogP contribution in [-0.2, 0) is 4.79 Å². The molecule has 0 spiro atoms. The number of carbonyl (C=O) groups excluding carboxylic acids is 1. The van der Waals surface area contributed by atoms with Crippen LogP contribution in [0.3, 0.4) is 0 Å². The second kappa shape index (κ2) is 6.14. The highest BCUT2D eigenvalue weighted by atomic mass is 35.5. The predicted molar refractivity (Wildman–Crippen MR) is 63.6 cm³/mol. The van der Waals surface area contributed by atoms with Gasteiger partial charge in [-0.3, -0.25) is 4.79 Å². The van der Waals surface area contributed by atoms with Crippen molar-refractivity contribution in [2.45, 2.75) is 13.3 Å². The van der Waals surface area contributed by atoms with Crippen LogP contribution >= 0.6 is 12.4 Å². The van der Waals surface area contributed by atoms with Crippen LogP contribution in [-0.4, -0.2) is 13.0 Å². The van der Waals surface area contributed by atoms with E-state index in [-0.39, 0.29) is 18.3 Å². The van der Waals surface area contributed by atoms with Crippen molar-refractivity contribution < 1.29 is 9.53 Å². The molecule has 15 heavy (non-hydrogen) atoms. The minimum absolute atomic E-state index is 0. The predicted octanol–water partition coefficient (Wildman–Crippen LogP) is 2.05. The number of halogens is 1. The van der Waals surface area contributed by atoms with E-state index < -0.39 is 0 Å². The summed E-state index contributed by atoms with van der Waals surface area (Å²) in [5.74, 6) is 0.528. The highest BCUT2D eigenvalue weighted by molar-refractivity contribution is 5.92. The van der Waals surface area contributed by atoms with Crippen molar-refractivity contribution in [2.24, 2.45) is 0 Å². The summed E-state index contributed by atoms with van der Waals surface area (Å²) in [7, 11) is 1.54. The molecule has 0 fully saturated rings. The van der Waals surface area contributed by atoms with Crippen LogP contribution in [0, 0.1) is 0 Å². The molecule has 0 atom stereocenters. The van der Waals surface area contributed by atoms with Gasteiger partial charge in [0.15, 0.2) is 0 Å². The molecule has 0 unspecified atom stereocenters. The first-order valence-corrected chi connectivity index (χ1v) is 4.40. The Balaban J connectivity index is 0.00000196. The second-order valence-electron chi connectivity index (χ2n) is 2.86. The fraction of sp³-hybridized carbons (Fsp3) is 0.300. The highest BCUT2D eigenvalue weighted by Crippen LogP contribution is 2.26. The van der Waals surface area contributed by atoms with E-state index in [2.05, 4.69) is 5.32 Å². The lowest BCUT2D eigenvalue weighted by Crippen LogP contribution is -2.10. The van der Waals surface area contributed by atoms with E-state index in [0.29, 0.717) is 23.5 Å². The molecule has 3 N–H and O–H groups in total. The molecule has 1 amide bonds. The Morgan fingerprint density at radius 2 is 2.20 bits per heavy atom. The Bertz CT molecular complexity index is 342. The van der Waals surface area contributed by atoms with E-state index in [1.807, 2.05) is 0 Å². The fourth-order valence-electron chi connectivity index (χ4n) is 1.05. The number of amides is 1. The van der Waals surface area contributed by atoms with E-state index in [9.17, 15) is 4.79 Å². The first kappa shape index (κ1) is 13.6. The van der Waals surface area contributed by atoms with Crippen LogP contribution in [0.4, 0.5) is 11.4 Å². The van der Waals surface area contributed by atoms with Crippen molar-refractivity contribution in [3.05, 3.63) is 18.2 Å². The lowest BCUT2D eigenvalue weighted by molar-refractivity contribution is -0.115. The van der Waals surface area contributed by atoms with Gasteiger partial charge in [-0.1, -0.05) is 6.92 Å². The van der Waals surface area contributed by atoms with Gasteiger partial charge in [0.25, 0.3) is 0 Å². The van der Waals surface area contributed by atoms with Crippen molar-refractivity contribution in [3.8, 4) is 5.75 Å². The molecular formula is C10H15ClN2O2. The van der Waals surface area contributed by atoms with Gasteiger partial charge in [0.2, 0.25) is 5.91 Å². The zero-order valence-corrected chi connectivity index (χ0v) is 9.56. The van der Waals surface area contributed by atoms with E-state index in [1.165, 1.54) is 7.11 Å². The molecule has 1 aromatic rings. The van der Waals surface area contributed by atoms with Gasteiger partial charge in [-0.25, -0.2) is 0 Å². The minimum atomic E-state index is -0.0481. The van der Waals surface area contributed by atoms with Crippen molar-refractivity contribution in [3.63, 3.8) is 0 Å². The minimum Gasteiger partial charge on any atom is -0.494 e. The third kappa shape index (κ3) is 3.67. The molecule has 0 radical (unpaired) electrons. The molecule has 0 aliphatic carbocycles. The number of ether oxygens (including phenoxy) is 1. The van der Waals surface area contributed by atoms with Crippen LogP contribution in [0.25, 0.3) is 0 Å². The SMILES string of the molecule is CCC(=O)Nc1ccc(N)cc1OC.Cl. The van der Waals surface area contributed by atoms with Gasteiger partial charge in [-0.05, 0) is 12.1 Å². The zero-order chi connectivity index (χ0) is 10.6. The van der Waals surface area contributed by atoms with E-state index in [1.54, 1.807) is 25.1 Å². The standard InChI is InChI=1S/C10H14N2O2.ClH/c1-3-10(13)12-8-5-4-7(11)6-9(8)14-2;/h4-6H,3,11H2,1-2H3,(H,12,13);1H. The third-order valence-corrected chi connectivity index (χ3v) is 1.82. The third-order valence-electron chi connectivity index (χ3n) is 1.82. The summed E-state index contributed by atoms with van der Waals surface area (Å²) in [6.45, 7) is 1.79. The lowest BCUT2D eigenvalue weighted by atomic mass is 10.2. The van der Waals surface area contributed by atoms with Crippen LogP contribution < -0.4 is 15.8 Å². The molecule has 1 aromatic carbocycles. The number of nitrogen functional groups attached to an aromatic ring is 1. The number of hydrogen-bond acceptors (Lipinski definition) is 3. The summed E-state index contributed by atoms with van der Waals surface area (Å²) in [6, 6.07) is 5.11. The second-order valence-corrected chi connectivity index (χ2v) is 2.86. The molecule has 0 saturated heterocycles. The normalized spacial score (nSPS) is 8.93. The van der Waals surface area contributed by atoms with Gasteiger partial charge in [0.1, 0.15) is 5.75 Å². The smallest absolute Gasteiger partial charge is 0.224 e. The Morgan fingerprint density at radius 3 is 2.73 bits per heavy atom. The maximum atomic E-state index is 11.1. The van der Waals surface area contributed by atoms with E-state index >= 15 is 0 Å². The fourth-order valence-corrected chi connectivity index (χ4v) is 1.05. The number of nitrogens with one attached hydrogen (secondary N) is 1. The van der Waals surface area contributed by atoms with Gasteiger partial charge in [-0.2, -0.15) is 0 Å². The molecule has 0 aliphatic heterocycles. The quantitative estimate of drug-likeness (QED) is 0.782. The summed E-state index contributed by atoms with van der Waals surface area (Å²) in [5, 5.41) is 2.72. The van der Waals surface area contributed by atoms with Crippen LogP contribution in [0.5, 0.6) is 5.75 Å². The summed E-state index contributed by atoms with van der Waals surface area (Å²) in [4.78, 5) is 11.1. The first-order chi connectivity index (χ1) is 6.67. The number of anilines is 2. The summed E-state index contributed by atoms with van der Waals surface area (Å²) >= 11 is 0. The number of hydrogen-bond donors (Lipinski definition) is 2. The average Bonchev–Trinajstić information content (AvgIpc) is 2.20. The number of benzene rings is 1. The Hall–Kier alpha value is -1.42. The van der Waals surface area contributed by atoms with E-state index in [0.717, 1.165) is 0 Å². The van der Waals surface area contributed by atoms with Crippen molar-refractivity contribution in [1.29, 1.82) is 0 Å². The van der Waals surface area contributed by atoms with Crippen molar-refractivity contribution in [2.75, 3.05) is 18.2 Å². The number of rotatable bonds is 3. The topological polar surface area (TPSA) is 64.4 Å². The largest absolute Gasteiger partial charge is 0.494 e. The van der Waals surface area contributed by atoms with Gasteiger partial charge >= 0.3 is 0 Å². The maximum Gasteiger partial charge on any atom is 0.224 e. The Morgan fingerprint density at radius 1 is 1.53 bits per heavy atom. The number of carbonyl (C=O) groups is 1. The molecule has 0 saturated carbocycles. The van der Waals surface area contributed by atoms with Gasteiger partial charge in [-0.15, -0.1) is 12.4 Å². The average molecular weight is 231 g/mol. The van der Waals surface area contributed by atoms with E-state index in [4.69, 9.17) is 10.5 Å². The monoisotopic (exact) mass is 230 g/mol. The van der Waals surface area contributed by atoms with Crippen LogP contribution in [0.1, 0.15) is 13.3 Å². The molecule has 1 rings (SSSR count). The lowest BCUT2D eigenvalue weighted by Gasteiger charge is -2.09. The van der Waals surface area contributed by atoms with Crippen LogP contribution in [0.15, 0.2) is 18.2 Å². The molecule has 5 heteroatoms. The maximum absolute atomic E-state index is 11.1. The Labute approximate surface area is 95.2 Å². The molecule has 0 aromatic heterocycles. The molecular weight excluding hydrogens is 216 g/mol.